The van der Waals surface area contributed by atoms with Crippen molar-refractivity contribution in [1.82, 2.24) is 5.32 Å². The van der Waals surface area contributed by atoms with Crippen molar-refractivity contribution < 1.29 is 4.74 Å². The molecule has 76 valence electrons. The average Bonchev–Trinajstić information content (AvgIpc) is 2.14. The summed E-state index contributed by atoms with van der Waals surface area (Å²) in [5.41, 5.74) is 1.21. The molecule has 1 atom stereocenters. The van der Waals surface area contributed by atoms with Gasteiger partial charge in [-0.25, -0.2) is 0 Å². The zero-order valence-corrected chi connectivity index (χ0v) is 8.64. The van der Waals surface area contributed by atoms with Gasteiger partial charge in [0, 0.05) is 6.54 Å². The van der Waals surface area contributed by atoms with Crippen molar-refractivity contribution >= 4 is 0 Å². The van der Waals surface area contributed by atoms with Gasteiger partial charge in [-0.15, -0.1) is 6.58 Å². The second-order valence-corrected chi connectivity index (χ2v) is 3.99. The van der Waals surface area contributed by atoms with E-state index in [9.17, 15) is 0 Å². The molecular formula is C11H21NO. The van der Waals surface area contributed by atoms with E-state index in [1.807, 2.05) is 6.92 Å². The van der Waals surface area contributed by atoms with E-state index in [4.69, 9.17) is 4.74 Å². The lowest BCUT2D eigenvalue weighted by Crippen LogP contribution is -2.32. The minimum atomic E-state index is 0.735. The molecule has 1 aliphatic rings. The van der Waals surface area contributed by atoms with Crippen LogP contribution in [-0.4, -0.2) is 26.3 Å². The molecule has 1 unspecified atom stereocenters. The first-order chi connectivity index (χ1) is 6.29. The number of piperidine rings is 1. The molecule has 0 aliphatic carbocycles. The number of hydrogen-bond acceptors (Lipinski definition) is 2. The van der Waals surface area contributed by atoms with Gasteiger partial charge >= 0.3 is 0 Å². The smallest absolute Gasteiger partial charge is 0.0506 e. The maximum Gasteiger partial charge on any atom is 0.0506 e. The van der Waals surface area contributed by atoms with Crippen LogP contribution in [0.3, 0.4) is 0 Å². The van der Waals surface area contributed by atoms with E-state index in [1.54, 1.807) is 0 Å². The lowest BCUT2D eigenvalue weighted by Gasteiger charge is -2.22. The third-order valence-electron chi connectivity index (χ3n) is 2.43. The molecule has 0 radical (unpaired) electrons. The molecule has 2 nitrogen and oxygen atoms in total. The van der Waals surface area contributed by atoms with Crippen LogP contribution in [0.5, 0.6) is 0 Å². The lowest BCUT2D eigenvalue weighted by atomic mass is 10.0. The van der Waals surface area contributed by atoms with Crippen LogP contribution >= 0.6 is 0 Å². The Hall–Kier alpha value is -0.340. The second-order valence-electron chi connectivity index (χ2n) is 3.99. The Morgan fingerprint density at radius 3 is 3.08 bits per heavy atom. The van der Waals surface area contributed by atoms with Crippen molar-refractivity contribution in [3.05, 3.63) is 12.2 Å². The van der Waals surface area contributed by atoms with Crippen LogP contribution in [0.4, 0.5) is 0 Å². The van der Waals surface area contributed by atoms with Gasteiger partial charge < -0.3 is 10.1 Å². The molecular weight excluding hydrogens is 162 g/mol. The highest BCUT2D eigenvalue weighted by atomic mass is 16.5. The molecule has 0 bridgehead atoms. The Morgan fingerprint density at radius 1 is 1.62 bits per heavy atom. The average molecular weight is 183 g/mol. The SMILES string of the molecule is C=C(C)CCOCC1CCCNC1. The van der Waals surface area contributed by atoms with Gasteiger partial charge in [0.05, 0.1) is 13.2 Å². The molecule has 0 aromatic rings. The summed E-state index contributed by atoms with van der Waals surface area (Å²) in [6.45, 7) is 9.97. The minimum absolute atomic E-state index is 0.735. The largest absolute Gasteiger partial charge is 0.381 e. The highest BCUT2D eigenvalue weighted by Gasteiger charge is 2.12. The fourth-order valence-electron chi connectivity index (χ4n) is 1.56. The molecule has 0 aromatic heterocycles. The first kappa shape index (κ1) is 10.7. The molecule has 1 N–H and O–H groups in total. The van der Waals surface area contributed by atoms with Crippen LogP contribution in [0.2, 0.25) is 0 Å². The predicted octanol–water partition coefficient (Wildman–Crippen LogP) is 1.97. The first-order valence-corrected chi connectivity index (χ1v) is 5.22. The van der Waals surface area contributed by atoms with E-state index in [0.717, 1.165) is 32.1 Å². The topological polar surface area (TPSA) is 21.3 Å². The Kier molecular flexibility index (Phi) is 5.09. The third-order valence-corrected chi connectivity index (χ3v) is 2.43. The summed E-state index contributed by atoms with van der Waals surface area (Å²) in [6, 6.07) is 0. The summed E-state index contributed by atoms with van der Waals surface area (Å²) in [4.78, 5) is 0. The zero-order chi connectivity index (χ0) is 9.52. The van der Waals surface area contributed by atoms with Crippen LogP contribution in [-0.2, 0) is 4.74 Å². The normalized spacial score (nSPS) is 23.0. The van der Waals surface area contributed by atoms with E-state index in [2.05, 4.69) is 11.9 Å². The Labute approximate surface area is 81.4 Å². The van der Waals surface area contributed by atoms with Crippen molar-refractivity contribution in [3.8, 4) is 0 Å². The molecule has 1 aliphatic heterocycles. The third kappa shape index (κ3) is 5.06. The Balaban J connectivity index is 1.95. The molecule has 0 aromatic carbocycles. The molecule has 2 heteroatoms. The first-order valence-electron chi connectivity index (χ1n) is 5.22. The van der Waals surface area contributed by atoms with Gasteiger partial charge in [0.2, 0.25) is 0 Å². The Bertz CT molecular complexity index is 150. The maximum absolute atomic E-state index is 5.58. The molecule has 0 spiro atoms. The predicted molar refractivity (Wildman–Crippen MR) is 55.8 cm³/mol. The van der Waals surface area contributed by atoms with Crippen molar-refractivity contribution in [2.24, 2.45) is 5.92 Å². The summed E-state index contributed by atoms with van der Waals surface area (Å²) in [5.74, 6) is 0.735. The van der Waals surface area contributed by atoms with E-state index < -0.39 is 0 Å². The molecule has 1 heterocycles. The number of ether oxygens (including phenoxy) is 1. The summed E-state index contributed by atoms with van der Waals surface area (Å²) in [6.07, 6.45) is 3.62. The zero-order valence-electron chi connectivity index (χ0n) is 8.64. The molecule has 1 saturated heterocycles. The molecule has 0 saturated carbocycles. The van der Waals surface area contributed by atoms with Crippen LogP contribution in [0.25, 0.3) is 0 Å². The van der Waals surface area contributed by atoms with Gasteiger partial charge in [0.1, 0.15) is 0 Å². The lowest BCUT2D eigenvalue weighted by molar-refractivity contribution is 0.0922. The number of rotatable bonds is 5. The fourth-order valence-corrected chi connectivity index (χ4v) is 1.56. The van der Waals surface area contributed by atoms with Crippen molar-refractivity contribution in [3.63, 3.8) is 0 Å². The van der Waals surface area contributed by atoms with Crippen LogP contribution < -0.4 is 5.32 Å². The minimum Gasteiger partial charge on any atom is -0.381 e. The highest BCUT2D eigenvalue weighted by molar-refractivity contribution is 4.87. The van der Waals surface area contributed by atoms with E-state index in [-0.39, 0.29) is 0 Å². The van der Waals surface area contributed by atoms with Gasteiger partial charge in [-0.05, 0) is 38.6 Å². The maximum atomic E-state index is 5.58. The summed E-state index contributed by atoms with van der Waals surface area (Å²) < 4.78 is 5.58. The molecule has 1 fully saturated rings. The molecule has 0 amide bonds. The van der Waals surface area contributed by atoms with Gasteiger partial charge in [-0.3, -0.25) is 0 Å². The number of nitrogens with one attached hydrogen (secondary N) is 1. The van der Waals surface area contributed by atoms with Crippen molar-refractivity contribution in [2.75, 3.05) is 26.3 Å². The van der Waals surface area contributed by atoms with Crippen molar-refractivity contribution in [1.29, 1.82) is 0 Å². The second kappa shape index (κ2) is 6.17. The summed E-state index contributed by atoms with van der Waals surface area (Å²) in [7, 11) is 0. The number of hydrogen-bond donors (Lipinski definition) is 1. The highest BCUT2D eigenvalue weighted by Crippen LogP contribution is 2.10. The monoisotopic (exact) mass is 183 g/mol. The van der Waals surface area contributed by atoms with Crippen LogP contribution in [0, 0.1) is 5.92 Å². The fraction of sp³-hybridized carbons (Fsp3) is 0.818. The van der Waals surface area contributed by atoms with E-state index in [0.29, 0.717) is 0 Å². The van der Waals surface area contributed by atoms with E-state index >= 15 is 0 Å². The summed E-state index contributed by atoms with van der Waals surface area (Å²) >= 11 is 0. The van der Waals surface area contributed by atoms with Gasteiger partial charge in [0.15, 0.2) is 0 Å². The molecule has 1 rings (SSSR count). The van der Waals surface area contributed by atoms with Gasteiger partial charge in [-0.1, -0.05) is 5.57 Å². The van der Waals surface area contributed by atoms with Crippen LogP contribution in [0.1, 0.15) is 26.2 Å². The van der Waals surface area contributed by atoms with Gasteiger partial charge in [0.25, 0.3) is 0 Å². The quantitative estimate of drug-likeness (QED) is 0.520. The van der Waals surface area contributed by atoms with Crippen LogP contribution in [0.15, 0.2) is 12.2 Å². The van der Waals surface area contributed by atoms with Gasteiger partial charge in [-0.2, -0.15) is 0 Å². The summed E-state index contributed by atoms with van der Waals surface area (Å²) in [5, 5.41) is 3.39. The van der Waals surface area contributed by atoms with Crippen molar-refractivity contribution in [2.45, 2.75) is 26.2 Å². The van der Waals surface area contributed by atoms with E-state index in [1.165, 1.54) is 25.0 Å². The standard InChI is InChI=1S/C11H21NO/c1-10(2)5-7-13-9-11-4-3-6-12-8-11/h11-12H,1,3-9H2,2H3. The Morgan fingerprint density at radius 2 is 2.46 bits per heavy atom. The molecule has 13 heavy (non-hydrogen) atoms.